The Morgan fingerprint density at radius 3 is 1.24 bits per heavy atom. The van der Waals surface area contributed by atoms with E-state index >= 15 is 0 Å². The van der Waals surface area contributed by atoms with Crippen molar-refractivity contribution in [3.63, 3.8) is 0 Å². The van der Waals surface area contributed by atoms with E-state index in [1.165, 1.54) is 36.8 Å². The SMILES string of the molecule is COc1cccc(C[N+](C)(C)CCCCCC[N+](C)(C)Cc2cccc(OC)c2OC)c1OC. The molecule has 0 aliphatic rings. The zero-order valence-electron chi connectivity index (χ0n) is 22.6. The van der Waals surface area contributed by atoms with Gasteiger partial charge < -0.3 is 27.9 Å². The van der Waals surface area contributed by atoms with Crippen LogP contribution in [0.15, 0.2) is 36.4 Å². The molecule has 0 fully saturated rings. The predicted molar refractivity (Wildman–Crippen MR) is 139 cm³/mol. The van der Waals surface area contributed by atoms with Crippen molar-refractivity contribution in [1.29, 1.82) is 0 Å². The molecule has 0 amide bonds. The Hall–Kier alpha value is -2.44. The van der Waals surface area contributed by atoms with Crippen LogP contribution in [-0.2, 0) is 13.1 Å². The second-order valence-corrected chi connectivity index (χ2v) is 10.4. The van der Waals surface area contributed by atoms with Crippen LogP contribution in [0.2, 0.25) is 0 Å². The fraction of sp³-hybridized carbons (Fsp3) is 0.571. The number of rotatable bonds is 15. The Labute approximate surface area is 207 Å². The van der Waals surface area contributed by atoms with E-state index in [4.69, 9.17) is 18.9 Å². The molecule has 2 aromatic carbocycles. The van der Waals surface area contributed by atoms with Crippen LogP contribution < -0.4 is 18.9 Å². The summed E-state index contributed by atoms with van der Waals surface area (Å²) in [6.07, 6.45) is 4.94. The van der Waals surface area contributed by atoms with Gasteiger partial charge in [0.2, 0.25) is 0 Å². The van der Waals surface area contributed by atoms with Gasteiger partial charge in [-0.15, -0.1) is 0 Å². The van der Waals surface area contributed by atoms with Gasteiger partial charge in [0.15, 0.2) is 23.0 Å². The van der Waals surface area contributed by atoms with Gasteiger partial charge in [0.05, 0.1) is 80.8 Å². The number of nitrogens with zero attached hydrogens (tertiary/aromatic N) is 2. The molecule has 0 saturated carbocycles. The number of unbranched alkanes of at least 4 members (excludes halogenated alkanes) is 3. The largest absolute Gasteiger partial charge is 0.493 e. The van der Waals surface area contributed by atoms with Gasteiger partial charge in [-0.1, -0.05) is 12.1 Å². The summed E-state index contributed by atoms with van der Waals surface area (Å²) in [5, 5.41) is 0. The van der Waals surface area contributed by atoms with Crippen LogP contribution in [0.5, 0.6) is 23.0 Å². The quantitative estimate of drug-likeness (QED) is 0.265. The number of benzene rings is 2. The molecule has 0 heterocycles. The zero-order valence-corrected chi connectivity index (χ0v) is 22.6. The summed E-state index contributed by atoms with van der Waals surface area (Å²) in [5.74, 6) is 3.30. The van der Waals surface area contributed by atoms with Gasteiger partial charge in [-0.2, -0.15) is 0 Å². The molecule has 34 heavy (non-hydrogen) atoms. The highest BCUT2D eigenvalue weighted by molar-refractivity contribution is 5.47. The van der Waals surface area contributed by atoms with E-state index in [2.05, 4.69) is 40.3 Å². The molecule has 0 atom stereocenters. The molecular weight excluding hydrogens is 428 g/mol. The topological polar surface area (TPSA) is 36.9 Å². The highest BCUT2D eigenvalue weighted by atomic mass is 16.5. The Morgan fingerprint density at radius 2 is 0.912 bits per heavy atom. The molecule has 0 radical (unpaired) electrons. The van der Waals surface area contributed by atoms with Gasteiger partial charge in [-0.3, -0.25) is 0 Å². The summed E-state index contributed by atoms with van der Waals surface area (Å²) >= 11 is 0. The van der Waals surface area contributed by atoms with Crippen LogP contribution in [0.1, 0.15) is 36.8 Å². The maximum Gasteiger partial charge on any atom is 0.169 e. The third-order valence-electron chi connectivity index (χ3n) is 6.44. The summed E-state index contributed by atoms with van der Waals surface area (Å²) in [6, 6.07) is 12.3. The van der Waals surface area contributed by atoms with Crippen LogP contribution >= 0.6 is 0 Å². The molecular formula is C28H46N2O4+2. The Bertz CT molecular complexity index is 822. The minimum Gasteiger partial charge on any atom is -0.493 e. The number of para-hydroxylation sites is 2. The minimum absolute atomic E-state index is 0.798. The molecule has 6 nitrogen and oxygen atoms in total. The van der Waals surface area contributed by atoms with Crippen molar-refractivity contribution in [1.82, 2.24) is 0 Å². The number of quaternary nitrogens is 2. The van der Waals surface area contributed by atoms with E-state index in [0.29, 0.717) is 0 Å². The lowest BCUT2D eigenvalue weighted by Crippen LogP contribution is -2.40. The van der Waals surface area contributed by atoms with E-state index in [-0.39, 0.29) is 0 Å². The first-order valence-corrected chi connectivity index (χ1v) is 12.2. The molecule has 0 saturated heterocycles. The lowest BCUT2D eigenvalue weighted by atomic mass is 10.1. The summed E-state index contributed by atoms with van der Waals surface area (Å²) in [4.78, 5) is 0. The van der Waals surface area contributed by atoms with Gasteiger partial charge in [-0.25, -0.2) is 0 Å². The standard InChI is InChI=1S/C28H46N2O4/c1-29(2,21-23-15-13-17-25(31-5)27(23)33-7)19-11-9-10-12-20-30(3,4)22-24-16-14-18-26(32-6)28(24)34-8/h13-18H,9-12,19-22H2,1-8H3/q+2. The zero-order chi connectivity index (χ0) is 25.2. The fourth-order valence-electron chi connectivity index (χ4n) is 4.67. The molecule has 2 rings (SSSR count). The lowest BCUT2D eigenvalue weighted by Gasteiger charge is -2.31. The van der Waals surface area contributed by atoms with Gasteiger partial charge in [0, 0.05) is 0 Å². The van der Waals surface area contributed by atoms with Crippen molar-refractivity contribution in [2.45, 2.75) is 38.8 Å². The van der Waals surface area contributed by atoms with Gasteiger partial charge >= 0.3 is 0 Å². The summed E-state index contributed by atoms with van der Waals surface area (Å²) in [7, 11) is 16.0. The van der Waals surface area contributed by atoms with Crippen LogP contribution in [-0.4, -0.2) is 78.7 Å². The third-order valence-corrected chi connectivity index (χ3v) is 6.44. The molecule has 0 aliphatic heterocycles. The molecule has 0 N–H and O–H groups in total. The van der Waals surface area contributed by atoms with Crippen LogP contribution in [0.25, 0.3) is 0 Å². The van der Waals surface area contributed by atoms with E-state index in [9.17, 15) is 0 Å². The maximum atomic E-state index is 5.62. The van der Waals surface area contributed by atoms with Crippen LogP contribution in [0, 0.1) is 0 Å². The lowest BCUT2D eigenvalue weighted by molar-refractivity contribution is -0.904. The van der Waals surface area contributed by atoms with Crippen LogP contribution in [0.4, 0.5) is 0 Å². The van der Waals surface area contributed by atoms with E-state index in [1.54, 1.807) is 28.4 Å². The molecule has 6 heteroatoms. The molecule has 190 valence electrons. The monoisotopic (exact) mass is 474 g/mol. The van der Waals surface area contributed by atoms with Crippen LogP contribution in [0.3, 0.4) is 0 Å². The van der Waals surface area contributed by atoms with Gasteiger partial charge in [0.25, 0.3) is 0 Å². The molecule has 0 unspecified atom stereocenters. The number of ether oxygens (including phenoxy) is 4. The Kier molecular flexibility index (Phi) is 10.5. The Morgan fingerprint density at radius 1 is 0.529 bits per heavy atom. The number of hydrogen-bond acceptors (Lipinski definition) is 4. The van der Waals surface area contributed by atoms with E-state index in [1.807, 2.05) is 24.3 Å². The summed E-state index contributed by atoms with van der Waals surface area (Å²) < 4.78 is 24.0. The van der Waals surface area contributed by atoms with E-state index in [0.717, 1.165) is 58.1 Å². The van der Waals surface area contributed by atoms with Crippen molar-refractivity contribution >= 4 is 0 Å². The molecule has 0 bridgehead atoms. The normalized spacial score (nSPS) is 11.9. The number of methoxy groups -OCH3 is 4. The average Bonchev–Trinajstić information content (AvgIpc) is 2.80. The summed E-state index contributed by atoms with van der Waals surface area (Å²) in [5.41, 5.74) is 2.39. The maximum absolute atomic E-state index is 5.62. The molecule has 2 aromatic rings. The molecule has 0 aliphatic carbocycles. The third kappa shape index (κ3) is 8.10. The van der Waals surface area contributed by atoms with Crippen molar-refractivity contribution in [2.75, 3.05) is 69.7 Å². The highest BCUT2D eigenvalue weighted by Gasteiger charge is 2.22. The first-order valence-electron chi connectivity index (χ1n) is 12.2. The predicted octanol–water partition coefficient (Wildman–Crippen LogP) is 5.13. The summed E-state index contributed by atoms with van der Waals surface area (Å²) in [6.45, 7) is 4.12. The fourth-order valence-corrected chi connectivity index (χ4v) is 4.67. The minimum atomic E-state index is 0.798. The first-order chi connectivity index (χ1) is 16.2. The molecule has 0 spiro atoms. The van der Waals surface area contributed by atoms with Crippen molar-refractivity contribution in [3.05, 3.63) is 47.5 Å². The van der Waals surface area contributed by atoms with Gasteiger partial charge in [0.1, 0.15) is 13.1 Å². The smallest absolute Gasteiger partial charge is 0.169 e. The second-order valence-electron chi connectivity index (χ2n) is 10.4. The van der Waals surface area contributed by atoms with Crippen molar-refractivity contribution in [2.24, 2.45) is 0 Å². The van der Waals surface area contributed by atoms with Gasteiger partial charge in [-0.05, 0) is 49.9 Å². The number of hydrogen-bond donors (Lipinski definition) is 0. The first kappa shape index (κ1) is 27.8. The molecule has 0 aromatic heterocycles. The highest BCUT2D eigenvalue weighted by Crippen LogP contribution is 2.33. The Balaban J connectivity index is 1.79. The van der Waals surface area contributed by atoms with E-state index < -0.39 is 0 Å². The van der Waals surface area contributed by atoms with Crippen molar-refractivity contribution < 1.29 is 27.9 Å². The average molecular weight is 475 g/mol. The van der Waals surface area contributed by atoms with Crippen molar-refractivity contribution in [3.8, 4) is 23.0 Å². The second kappa shape index (κ2) is 12.9.